The zero-order valence-electron chi connectivity index (χ0n) is 10.2. The molecule has 9 heteroatoms. The number of aromatic carboxylic acids is 1. The SMILES string of the molecule is COCCc1c(C(=O)O)nnn1CCS(C)(=O)=O. The zero-order chi connectivity index (χ0) is 13.8. The molecule has 1 N–H and O–H groups in total. The first-order valence-electron chi connectivity index (χ1n) is 5.17. The third-order valence-electron chi connectivity index (χ3n) is 2.26. The molecule has 0 saturated carbocycles. The van der Waals surface area contributed by atoms with Gasteiger partial charge in [-0.3, -0.25) is 0 Å². The number of carboxylic acids is 1. The molecule has 0 aliphatic heterocycles. The van der Waals surface area contributed by atoms with Crippen molar-refractivity contribution in [2.75, 3.05) is 25.7 Å². The lowest BCUT2D eigenvalue weighted by molar-refractivity contribution is 0.0688. The first-order chi connectivity index (χ1) is 8.35. The van der Waals surface area contributed by atoms with Gasteiger partial charge in [-0.1, -0.05) is 5.21 Å². The van der Waals surface area contributed by atoms with Gasteiger partial charge in [-0.05, 0) is 0 Å². The molecule has 0 unspecified atom stereocenters. The summed E-state index contributed by atoms with van der Waals surface area (Å²) < 4.78 is 28.3. The molecule has 0 spiro atoms. The molecule has 0 aliphatic rings. The highest BCUT2D eigenvalue weighted by Gasteiger charge is 2.19. The Hall–Kier alpha value is -1.48. The molecule has 18 heavy (non-hydrogen) atoms. The summed E-state index contributed by atoms with van der Waals surface area (Å²) in [6.07, 6.45) is 1.42. The Kier molecular flexibility index (Phi) is 4.79. The van der Waals surface area contributed by atoms with Gasteiger partial charge in [-0.2, -0.15) is 0 Å². The number of methoxy groups -OCH3 is 1. The second-order valence-electron chi connectivity index (χ2n) is 3.79. The van der Waals surface area contributed by atoms with Gasteiger partial charge in [0.15, 0.2) is 5.69 Å². The lowest BCUT2D eigenvalue weighted by Gasteiger charge is -2.05. The van der Waals surface area contributed by atoms with Crippen molar-refractivity contribution in [2.24, 2.45) is 0 Å². The molecule has 1 aromatic rings. The smallest absolute Gasteiger partial charge is 0.358 e. The molecule has 102 valence electrons. The van der Waals surface area contributed by atoms with Crippen molar-refractivity contribution >= 4 is 15.8 Å². The highest BCUT2D eigenvalue weighted by Crippen LogP contribution is 2.07. The number of nitrogens with zero attached hydrogens (tertiary/aromatic N) is 3. The summed E-state index contributed by atoms with van der Waals surface area (Å²) in [4.78, 5) is 10.9. The number of hydrogen-bond acceptors (Lipinski definition) is 6. The minimum atomic E-state index is -3.14. The Labute approximate surface area is 104 Å². The van der Waals surface area contributed by atoms with E-state index in [-0.39, 0.29) is 18.0 Å². The van der Waals surface area contributed by atoms with Crippen LogP contribution in [0, 0.1) is 0 Å². The fourth-order valence-corrected chi connectivity index (χ4v) is 1.88. The summed E-state index contributed by atoms with van der Waals surface area (Å²) in [5.74, 6) is -1.30. The predicted molar refractivity (Wildman–Crippen MR) is 62.3 cm³/mol. The van der Waals surface area contributed by atoms with Gasteiger partial charge in [0.2, 0.25) is 0 Å². The topological polar surface area (TPSA) is 111 Å². The van der Waals surface area contributed by atoms with E-state index in [2.05, 4.69) is 10.3 Å². The van der Waals surface area contributed by atoms with Gasteiger partial charge in [-0.15, -0.1) is 5.10 Å². The summed E-state index contributed by atoms with van der Waals surface area (Å²) in [5, 5.41) is 16.1. The van der Waals surface area contributed by atoms with E-state index in [0.717, 1.165) is 6.26 Å². The summed E-state index contributed by atoms with van der Waals surface area (Å²) in [6.45, 7) is 0.394. The van der Waals surface area contributed by atoms with Crippen molar-refractivity contribution in [3.63, 3.8) is 0 Å². The molecule has 8 nitrogen and oxygen atoms in total. The van der Waals surface area contributed by atoms with Crippen LogP contribution in [0.25, 0.3) is 0 Å². The summed E-state index contributed by atoms with van der Waals surface area (Å²) >= 11 is 0. The van der Waals surface area contributed by atoms with Gasteiger partial charge in [0, 0.05) is 19.8 Å². The first-order valence-corrected chi connectivity index (χ1v) is 7.23. The quantitative estimate of drug-likeness (QED) is 0.695. The van der Waals surface area contributed by atoms with E-state index >= 15 is 0 Å². The Morgan fingerprint density at radius 1 is 1.50 bits per heavy atom. The molecule has 0 bridgehead atoms. The Bertz CT molecular complexity index is 522. The van der Waals surface area contributed by atoms with Gasteiger partial charge < -0.3 is 9.84 Å². The number of aromatic nitrogens is 3. The normalized spacial score (nSPS) is 11.7. The van der Waals surface area contributed by atoms with Crippen LogP contribution in [0.15, 0.2) is 0 Å². The van der Waals surface area contributed by atoms with Crippen LogP contribution in [-0.4, -0.2) is 60.2 Å². The number of rotatable bonds is 7. The lowest BCUT2D eigenvalue weighted by Crippen LogP contribution is -2.16. The second-order valence-corrected chi connectivity index (χ2v) is 6.05. The maximum atomic E-state index is 11.1. The van der Waals surface area contributed by atoms with Crippen molar-refractivity contribution in [1.82, 2.24) is 15.0 Å². The van der Waals surface area contributed by atoms with E-state index < -0.39 is 15.8 Å². The van der Waals surface area contributed by atoms with Crippen LogP contribution in [0.5, 0.6) is 0 Å². The van der Waals surface area contributed by atoms with Crippen molar-refractivity contribution < 1.29 is 23.1 Å². The number of carbonyl (C=O) groups is 1. The van der Waals surface area contributed by atoms with Crippen molar-refractivity contribution in [2.45, 2.75) is 13.0 Å². The monoisotopic (exact) mass is 277 g/mol. The van der Waals surface area contributed by atoms with Gasteiger partial charge in [0.1, 0.15) is 9.84 Å². The van der Waals surface area contributed by atoms with Crippen LogP contribution in [-0.2, 0) is 27.5 Å². The third kappa shape index (κ3) is 4.08. The predicted octanol–water partition coefficient (Wildman–Crippen LogP) is -0.790. The molecule has 0 fully saturated rings. The van der Waals surface area contributed by atoms with E-state index in [1.165, 1.54) is 11.8 Å². The van der Waals surface area contributed by atoms with Crippen LogP contribution in [0.4, 0.5) is 0 Å². The molecule has 1 aromatic heterocycles. The van der Waals surface area contributed by atoms with Gasteiger partial charge >= 0.3 is 5.97 Å². The minimum absolute atomic E-state index is 0.0815. The Balaban J connectivity index is 2.93. The molecule has 0 radical (unpaired) electrons. The highest BCUT2D eigenvalue weighted by molar-refractivity contribution is 7.90. The van der Waals surface area contributed by atoms with Crippen molar-refractivity contribution in [3.05, 3.63) is 11.4 Å². The van der Waals surface area contributed by atoms with Gasteiger partial charge in [0.25, 0.3) is 0 Å². The summed E-state index contributed by atoms with van der Waals surface area (Å²) in [6, 6.07) is 0. The summed E-state index contributed by atoms with van der Waals surface area (Å²) in [5.41, 5.74) is 0.202. The van der Waals surface area contributed by atoms with E-state index in [0.29, 0.717) is 18.7 Å². The molecule has 0 aliphatic carbocycles. The molecule has 0 saturated heterocycles. The van der Waals surface area contributed by atoms with Crippen LogP contribution < -0.4 is 0 Å². The molecule has 0 atom stereocenters. The first kappa shape index (κ1) is 14.6. The van der Waals surface area contributed by atoms with E-state index in [4.69, 9.17) is 9.84 Å². The highest BCUT2D eigenvalue weighted by atomic mass is 32.2. The van der Waals surface area contributed by atoms with E-state index in [1.54, 1.807) is 0 Å². The van der Waals surface area contributed by atoms with E-state index in [9.17, 15) is 13.2 Å². The number of sulfone groups is 1. The number of hydrogen-bond donors (Lipinski definition) is 1. The fourth-order valence-electron chi connectivity index (χ4n) is 1.38. The maximum Gasteiger partial charge on any atom is 0.358 e. The molecule has 1 heterocycles. The molecule has 1 rings (SSSR count). The van der Waals surface area contributed by atoms with Crippen LogP contribution in [0.2, 0.25) is 0 Å². The third-order valence-corrected chi connectivity index (χ3v) is 3.18. The van der Waals surface area contributed by atoms with Crippen LogP contribution >= 0.6 is 0 Å². The lowest BCUT2D eigenvalue weighted by atomic mass is 10.2. The second kappa shape index (κ2) is 5.91. The van der Waals surface area contributed by atoms with Gasteiger partial charge in [0.05, 0.1) is 24.6 Å². The average Bonchev–Trinajstić information content (AvgIpc) is 2.65. The largest absolute Gasteiger partial charge is 0.476 e. The molecule has 0 aromatic carbocycles. The fraction of sp³-hybridized carbons (Fsp3) is 0.667. The van der Waals surface area contributed by atoms with Gasteiger partial charge in [-0.25, -0.2) is 17.9 Å². The number of carboxylic acid groups (broad SMARTS) is 1. The Morgan fingerprint density at radius 2 is 2.17 bits per heavy atom. The minimum Gasteiger partial charge on any atom is -0.476 e. The summed E-state index contributed by atoms with van der Waals surface area (Å²) in [7, 11) is -1.65. The number of ether oxygens (including phenoxy) is 1. The molecule has 0 amide bonds. The maximum absolute atomic E-state index is 11.1. The number of aryl methyl sites for hydroxylation is 1. The van der Waals surface area contributed by atoms with Crippen molar-refractivity contribution in [3.8, 4) is 0 Å². The average molecular weight is 277 g/mol. The zero-order valence-corrected chi connectivity index (χ0v) is 11.0. The molecular formula is C9H15N3O5S. The van der Waals surface area contributed by atoms with Crippen molar-refractivity contribution in [1.29, 1.82) is 0 Å². The van der Waals surface area contributed by atoms with Crippen LogP contribution in [0.1, 0.15) is 16.2 Å². The Morgan fingerprint density at radius 3 is 2.67 bits per heavy atom. The molecular weight excluding hydrogens is 262 g/mol. The van der Waals surface area contributed by atoms with Crippen LogP contribution in [0.3, 0.4) is 0 Å². The van der Waals surface area contributed by atoms with E-state index in [1.807, 2.05) is 0 Å². The standard InChI is InChI=1S/C9H15N3O5S/c1-17-5-3-7-8(9(13)14)10-11-12(7)4-6-18(2,15)16/h3-6H2,1-2H3,(H,13,14).